The summed E-state index contributed by atoms with van der Waals surface area (Å²) in [4.78, 5) is 25.1. The molecule has 0 saturated carbocycles. The van der Waals surface area contributed by atoms with E-state index in [1.807, 2.05) is 19.9 Å². The number of nitriles is 1. The monoisotopic (exact) mass is 352 g/mol. The second-order valence-corrected chi connectivity index (χ2v) is 5.68. The molecule has 1 heterocycles. The molecule has 2 aromatic rings. The van der Waals surface area contributed by atoms with E-state index in [1.165, 1.54) is 12.1 Å². The molecule has 134 valence electrons. The molecule has 0 unspecified atom stereocenters. The number of rotatable bonds is 6. The zero-order chi connectivity index (χ0) is 19.3. The molecular formula is C20H20N2O4. The Kier molecular flexibility index (Phi) is 5.97. The van der Waals surface area contributed by atoms with Crippen LogP contribution in [0.15, 0.2) is 40.3 Å². The number of carbonyl (C=O) groups is 2. The molecule has 0 atom stereocenters. The van der Waals surface area contributed by atoms with Gasteiger partial charge in [-0.05, 0) is 44.5 Å². The number of carboxylic acids is 1. The van der Waals surface area contributed by atoms with Crippen molar-refractivity contribution in [3.63, 3.8) is 0 Å². The van der Waals surface area contributed by atoms with Crippen LogP contribution in [0.4, 0.5) is 0 Å². The molecule has 1 N–H and O–H groups in total. The summed E-state index contributed by atoms with van der Waals surface area (Å²) in [5, 5.41) is 18.5. The lowest BCUT2D eigenvalue weighted by Gasteiger charge is -2.17. The summed E-state index contributed by atoms with van der Waals surface area (Å²) in [6.45, 7) is 6.44. The number of furan rings is 1. The van der Waals surface area contributed by atoms with Gasteiger partial charge in [-0.3, -0.25) is 4.79 Å². The Balaban J connectivity index is 2.35. The number of hydrogen-bond acceptors (Lipinski definition) is 4. The molecule has 2 rings (SSSR count). The maximum Gasteiger partial charge on any atom is 0.335 e. The fourth-order valence-electron chi connectivity index (χ4n) is 2.56. The highest BCUT2D eigenvalue weighted by Gasteiger charge is 2.16. The molecule has 6 heteroatoms. The summed E-state index contributed by atoms with van der Waals surface area (Å²) in [5.41, 5.74) is 1.46. The summed E-state index contributed by atoms with van der Waals surface area (Å²) >= 11 is 0. The topological polar surface area (TPSA) is 94.5 Å². The van der Waals surface area contributed by atoms with Crippen molar-refractivity contribution in [1.82, 2.24) is 4.90 Å². The third kappa shape index (κ3) is 4.01. The molecule has 0 aliphatic heterocycles. The minimum absolute atomic E-state index is 0.00951. The molecule has 6 nitrogen and oxygen atoms in total. The zero-order valence-electron chi connectivity index (χ0n) is 14.9. The van der Waals surface area contributed by atoms with Crippen molar-refractivity contribution in [1.29, 1.82) is 5.26 Å². The fraction of sp³-hybridized carbons (Fsp3) is 0.250. The van der Waals surface area contributed by atoms with Gasteiger partial charge in [0.2, 0.25) is 0 Å². The maximum absolute atomic E-state index is 12.3. The predicted octanol–water partition coefficient (Wildman–Crippen LogP) is 3.73. The van der Waals surface area contributed by atoms with Crippen LogP contribution in [0, 0.1) is 18.3 Å². The maximum atomic E-state index is 12.3. The molecule has 0 radical (unpaired) electrons. The lowest BCUT2D eigenvalue weighted by Crippen LogP contribution is -2.31. The molecule has 0 fully saturated rings. The fourth-order valence-corrected chi connectivity index (χ4v) is 2.56. The van der Waals surface area contributed by atoms with Crippen molar-refractivity contribution in [2.45, 2.75) is 20.8 Å². The summed E-state index contributed by atoms with van der Waals surface area (Å²) in [6, 6.07) is 10.2. The van der Waals surface area contributed by atoms with E-state index in [2.05, 4.69) is 0 Å². The van der Waals surface area contributed by atoms with Crippen LogP contribution in [-0.4, -0.2) is 35.0 Å². The Morgan fingerprint density at radius 3 is 2.50 bits per heavy atom. The van der Waals surface area contributed by atoms with Crippen LogP contribution in [0.2, 0.25) is 0 Å². The number of carbonyl (C=O) groups excluding carboxylic acids is 1. The molecule has 1 aromatic carbocycles. The molecule has 26 heavy (non-hydrogen) atoms. The van der Waals surface area contributed by atoms with Gasteiger partial charge in [0.15, 0.2) is 0 Å². The van der Waals surface area contributed by atoms with Crippen molar-refractivity contribution in [2.24, 2.45) is 0 Å². The van der Waals surface area contributed by atoms with Gasteiger partial charge in [0, 0.05) is 24.7 Å². The highest BCUT2D eigenvalue weighted by Crippen LogP contribution is 2.26. The van der Waals surface area contributed by atoms with E-state index in [4.69, 9.17) is 4.42 Å². The first-order valence-corrected chi connectivity index (χ1v) is 8.26. The SMILES string of the molecule is CCN(CC)C(=O)/C(C#N)=C\c1ccc(-c2ccc(C)c(C(=O)O)c2)o1. The number of aryl methyl sites for hydroxylation is 1. The van der Waals surface area contributed by atoms with Crippen LogP contribution in [0.3, 0.4) is 0 Å². The van der Waals surface area contributed by atoms with Gasteiger partial charge in [0.25, 0.3) is 5.91 Å². The average molecular weight is 352 g/mol. The first-order chi connectivity index (χ1) is 12.4. The Bertz CT molecular complexity index is 899. The third-order valence-corrected chi connectivity index (χ3v) is 4.07. The van der Waals surface area contributed by atoms with Gasteiger partial charge in [-0.1, -0.05) is 12.1 Å². The van der Waals surface area contributed by atoms with Crippen molar-refractivity contribution in [3.05, 3.63) is 52.8 Å². The van der Waals surface area contributed by atoms with E-state index >= 15 is 0 Å². The molecule has 0 aliphatic rings. The van der Waals surface area contributed by atoms with Gasteiger partial charge in [0.1, 0.15) is 23.2 Å². The number of amides is 1. The second kappa shape index (κ2) is 8.17. The lowest BCUT2D eigenvalue weighted by atomic mass is 10.0. The molecule has 0 spiro atoms. The van der Waals surface area contributed by atoms with E-state index in [0.29, 0.717) is 35.7 Å². The number of nitrogens with zero attached hydrogens (tertiary/aromatic N) is 2. The van der Waals surface area contributed by atoms with Crippen LogP contribution >= 0.6 is 0 Å². The van der Waals surface area contributed by atoms with Crippen LogP contribution in [0.25, 0.3) is 17.4 Å². The minimum Gasteiger partial charge on any atom is -0.478 e. The van der Waals surface area contributed by atoms with E-state index in [-0.39, 0.29) is 17.0 Å². The van der Waals surface area contributed by atoms with Gasteiger partial charge in [-0.25, -0.2) is 4.79 Å². The van der Waals surface area contributed by atoms with Crippen molar-refractivity contribution in [3.8, 4) is 17.4 Å². The van der Waals surface area contributed by atoms with Crippen LogP contribution in [0.1, 0.15) is 35.5 Å². The number of likely N-dealkylation sites (N-methyl/N-ethyl adjacent to an activating group) is 1. The Morgan fingerprint density at radius 1 is 1.23 bits per heavy atom. The van der Waals surface area contributed by atoms with Gasteiger partial charge in [-0.2, -0.15) is 5.26 Å². The highest BCUT2D eigenvalue weighted by atomic mass is 16.4. The predicted molar refractivity (Wildman–Crippen MR) is 97.4 cm³/mol. The number of hydrogen-bond donors (Lipinski definition) is 1. The third-order valence-electron chi connectivity index (χ3n) is 4.07. The Labute approximate surface area is 152 Å². The smallest absolute Gasteiger partial charge is 0.335 e. The van der Waals surface area contributed by atoms with E-state index in [0.717, 1.165) is 0 Å². The standard InChI is InChI=1S/C20H20N2O4/c1-4-22(5-2)19(23)15(12-21)10-16-8-9-18(26-16)14-7-6-13(3)17(11-14)20(24)25/h6-11H,4-5H2,1-3H3,(H,24,25)/b15-10-. The second-order valence-electron chi connectivity index (χ2n) is 5.68. The minimum atomic E-state index is -1.01. The first kappa shape index (κ1) is 19.0. The molecule has 0 aliphatic carbocycles. The quantitative estimate of drug-likeness (QED) is 0.631. The molecular weight excluding hydrogens is 332 g/mol. The Morgan fingerprint density at radius 2 is 1.92 bits per heavy atom. The molecule has 1 aromatic heterocycles. The van der Waals surface area contributed by atoms with Gasteiger partial charge >= 0.3 is 5.97 Å². The van der Waals surface area contributed by atoms with Crippen molar-refractivity contribution >= 4 is 18.0 Å². The van der Waals surface area contributed by atoms with E-state index in [9.17, 15) is 20.0 Å². The van der Waals surface area contributed by atoms with Crippen LogP contribution < -0.4 is 0 Å². The average Bonchev–Trinajstić information content (AvgIpc) is 3.09. The van der Waals surface area contributed by atoms with Gasteiger partial charge in [0.05, 0.1) is 5.56 Å². The number of benzene rings is 1. The van der Waals surface area contributed by atoms with Gasteiger partial charge < -0.3 is 14.4 Å². The molecule has 0 bridgehead atoms. The number of aromatic carboxylic acids is 1. The van der Waals surface area contributed by atoms with Crippen molar-refractivity contribution in [2.75, 3.05) is 13.1 Å². The summed E-state index contributed by atoms with van der Waals surface area (Å²) in [5.74, 6) is -0.535. The summed E-state index contributed by atoms with van der Waals surface area (Å²) in [6.07, 6.45) is 1.40. The van der Waals surface area contributed by atoms with Crippen LogP contribution in [-0.2, 0) is 4.79 Å². The molecule has 1 amide bonds. The largest absolute Gasteiger partial charge is 0.478 e. The lowest BCUT2D eigenvalue weighted by molar-refractivity contribution is -0.126. The highest BCUT2D eigenvalue weighted by molar-refractivity contribution is 6.01. The zero-order valence-corrected chi connectivity index (χ0v) is 14.9. The first-order valence-electron chi connectivity index (χ1n) is 8.26. The normalized spacial score (nSPS) is 11.1. The van der Waals surface area contributed by atoms with Crippen molar-refractivity contribution < 1.29 is 19.1 Å². The summed E-state index contributed by atoms with van der Waals surface area (Å²) in [7, 11) is 0. The van der Waals surface area contributed by atoms with Gasteiger partial charge in [-0.15, -0.1) is 0 Å². The van der Waals surface area contributed by atoms with Crippen LogP contribution in [0.5, 0.6) is 0 Å². The van der Waals surface area contributed by atoms with E-state index in [1.54, 1.807) is 36.1 Å². The van der Waals surface area contributed by atoms with E-state index < -0.39 is 5.97 Å². The molecule has 0 saturated heterocycles. The Hall–Kier alpha value is -3.33. The number of carboxylic acid groups (broad SMARTS) is 1. The summed E-state index contributed by atoms with van der Waals surface area (Å²) < 4.78 is 5.68.